The summed E-state index contributed by atoms with van der Waals surface area (Å²) in [4.78, 5) is 38.4. The van der Waals surface area contributed by atoms with E-state index in [0.29, 0.717) is 22.7 Å². The Bertz CT molecular complexity index is 1060. The van der Waals surface area contributed by atoms with Crippen molar-refractivity contribution in [3.05, 3.63) is 83.6 Å². The maximum Gasteiger partial charge on any atom is 0.355 e. The molecule has 0 atom stereocenters. The first-order valence-corrected chi connectivity index (χ1v) is 8.96. The summed E-state index contributed by atoms with van der Waals surface area (Å²) in [5, 5.41) is 2.77. The van der Waals surface area contributed by atoms with E-state index >= 15 is 0 Å². The van der Waals surface area contributed by atoms with Crippen LogP contribution in [0.15, 0.2) is 76.7 Å². The SMILES string of the molecule is COC(=O)C1=C(C(=O)OC)N(c2ccc(NC(=O)c3coc(C)c3)cc2)C=CC=C1. The van der Waals surface area contributed by atoms with Crippen molar-refractivity contribution in [3.8, 4) is 0 Å². The number of ether oxygens (including phenoxy) is 2. The first-order valence-electron chi connectivity index (χ1n) is 8.96. The Hall–Kier alpha value is -4.07. The van der Waals surface area contributed by atoms with Gasteiger partial charge >= 0.3 is 11.9 Å². The maximum absolute atomic E-state index is 12.4. The molecule has 1 N–H and O–H groups in total. The molecular formula is C22H20N2O6. The fourth-order valence-corrected chi connectivity index (χ4v) is 2.84. The van der Waals surface area contributed by atoms with Crippen LogP contribution in [0.4, 0.5) is 11.4 Å². The normalized spacial score (nSPS) is 13.1. The number of esters is 2. The predicted molar refractivity (Wildman–Crippen MR) is 110 cm³/mol. The molecule has 1 aromatic heterocycles. The number of aryl methyl sites for hydroxylation is 1. The van der Waals surface area contributed by atoms with E-state index in [0.717, 1.165) is 0 Å². The molecule has 0 spiro atoms. The lowest BCUT2D eigenvalue weighted by molar-refractivity contribution is -0.139. The summed E-state index contributed by atoms with van der Waals surface area (Å²) in [6.07, 6.45) is 7.79. The Balaban J connectivity index is 1.90. The monoisotopic (exact) mass is 408 g/mol. The number of hydrogen-bond donors (Lipinski definition) is 1. The number of furan rings is 1. The highest BCUT2D eigenvalue weighted by Crippen LogP contribution is 2.27. The number of anilines is 2. The average molecular weight is 408 g/mol. The van der Waals surface area contributed by atoms with Crippen LogP contribution in [0, 0.1) is 6.92 Å². The smallest absolute Gasteiger partial charge is 0.355 e. The van der Waals surface area contributed by atoms with E-state index in [1.807, 2.05) is 0 Å². The molecule has 2 aromatic rings. The summed E-state index contributed by atoms with van der Waals surface area (Å²) < 4.78 is 14.8. The number of rotatable bonds is 5. The number of nitrogens with one attached hydrogen (secondary N) is 1. The average Bonchev–Trinajstić information content (AvgIpc) is 3.07. The lowest BCUT2D eigenvalue weighted by Gasteiger charge is -2.23. The summed E-state index contributed by atoms with van der Waals surface area (Å²) in [5.74, 6) is -1.03. The molecule has 0 saturated heterocycles. The van der Waals surface area contributed by atoms with Gasteiger partial charge in [0.05, 0.1) is 25.4 Å². The minimum Gasteiger partial charge on any atom is -0.469 e. The van der Waals surface area contributed by atoms with Crippen LogP contribution in [0.5, 0.6) is 0 Å². The van der Waals surface area contributed by atoms with E-state index in [1.54, 1.807) is 55.6 Å². The van der Waals surface area contributed by atoms with Crippen molar-refractivity contribution in [3.63, 3.8) is 0 Å². The van der Waals surface area contributed by atoms with Crippen LogP contribution in [-0.2, 0) is 19.1 Å². The first kappa shape index (κ1) is 20.7. The van der Waals surface area contributed by atoms with E-state index in [4.69, 9.17) is 13.9 Å². The first-order chi connectivity index (χ1) is 14.4. The van der Waals surface area contributed by atoms with Gasteiger partial charge in [0.15, 0.2) is 0 Å². The highest BCUT2D eigenvalue weighted by molar-refractivity contribution is 6.06. The van der Waals surface area contributed by atoms with E-state index in [9.17, 15) is 14.4 Å². The van der Waals surface area contributed by atoms with Crippen LogP contribution in [0.2, 0.25) is 0 Å². The van der Waals surface area contributed by atoms with Crippen LogP contribution in [0.3, 0.4) is 0 Å². The Morgan fingerprint density at radius 2 is 1.70 bits per heavy atom. The number of carbonyl (C=O) groups is 3. The van der Waals surface area contributed by atoms with Gasteiger partial charge in [0.25, 0.3) is 5.91 Å². The number of amides is 1. The summed E-state index contributed by atoms with van der Waals surface area (Å²) in [6.45, 7) is 1.75. The second kappa shape index (κ2) is 8.95. The van der Waals surface area contributed by atoms with Gasteiger partial charge in [0, 0.05) is 17.6 Å². The number of nitrogens with zero attached hydrogens (tertiary/aromatic N) is 1. The van der Waals surface area contributed by atoms with Crippen molar-refractivity contribution >= 4 is 29.2 Å². The van der Waals surface area contributed by atoms with Gasteiger partial charge in [-0.05, 0) is 49.4 Å². The van der Waals surface area contributed by atoms with Gasteiger partial charge in [0.1, 0.15) is 17.7 Å². The van der Waals surface area contributed by atoms with Gasteiger partial charge in [-0.25, -0.2) is 9.59 Å². The molecule has 0 aliphatic carbocycles. The molecule has 8 heteroatoms. The van der Waals surface area contributed by atoms with Crippen molar-refractivity contribution in [2.45, 2.75) is 6.92 Å². The molecule has 0 saturated carbocycles. The van der Waals surface area contributed by atoms with Crippen LogP contribution in [0.25, 0.3) is 0 Å². The summed E-state index contributed by atoms with van der Waals surface area (Å²) in [5.41, 5.74) is 1.61. The molecule has 1 amide bonds. The fourth-order valence-electron chi connectivity index (χ4n) is 2.84. The lowest BCUT2D eigenvalue weighted by Crippen LogP contribution is -2.26. The molecule has 154 valence electrons. The Morgan fingerprint density at radius 1 is 1.00 bits per heavy atom. The molecule has 1 aliphatic heterocycles. The molecule has 1 aliphatic rings. The number of methoxy groups -OCH3 is 2. The molecule has 8 nitrogen and oxygen atoms in total. The highest BCUT2D eigenvalue weighted by Gasteiger charge is 2.27. The lowest BCUT2D eigenvalue weighted by atomic mass is 10.1. The van der Waals surface area contributed by atoms with Gasteiger partial charge < -0.3 is 24.1 Å². The number of benzene rings is 1. The Morgan fingerprint density at radius 3 is 2.30 bits per heavy atom. The topological polar surface area (TPSA) is 98.1 Å². The van der Waals surface area contributed by atoms with Crippen molar-refractivity contribution in [2.75, 3.05) is 24.4 Å². The summed E-state index contributed by atoms with van der Waals surface area (Å²) in [6, 6.07) is 8.39. The predicted octanol–water partition coefficient (Wildman–Crippen LogP) is 3.33. The molecule has 30 heavy (non-hydrogen) atoms. The molecule has 2 heterocycles. The van der Waals surface area contributed by atoms with Gasteiger partial charge in [-0.3, -0.25) is 4.79 Å². The summed E-state index contributed by atoms with van der Waals surface area (Å²) >= 11 is 0. The highest BCUT2D eigenvalue weighted by atomic mass is 16.5. The molecule has 3 rings (SSSR count). The molecule has 0 fully saturated rings. The van der Waals surface area contributed by atoms with Crippen molar-refractivity contribution in [1.29, 1.82) is 0 Å². The van der Waals surface area contributed by atoms with Crippen molar-refractivity contribution in [2.24, 2.45) is 0 Å². The van der Waals surface area contributed by atoms with Crippen molar-refractivity contribution in [1.82, 2.24) is 0 Å². The van der Waals surface area contributed by atoms with Crippen LogP contribution < -0.4 is 10.2 Å². The number of carbonyl (C=O) groups excluding carboxylic acids is 3. The van der Waals surface area contributed by atoms with Crippen molar-refractivity contribution < 1.29 is 28.3 Å². The second-order valence-electron chi connectivity index (χ2n) is 6.26. The Kier molecular flexibility index (Phi) is 6.17. The quantitative estimate of drug-likeness (QED) is 0.758. The maximum atomic E-state index is 12.4. The van der Waals surface area contributed by atoms with E-state index in [2.05, 4.69) is 5.32 Å². The third kappa shape index (κ3) is 4.33. The number of hydrogen-bond acceptors (Lipinski definition) is 7. The zero-order valence-electron chi connectivity index (χ0n) is 16.7. The minimum absolute atomic E-state index is 0.0139. The van der Waals surface area contributed by atoms with Crippen LogP contribution >= 0.6 is 0 Å². The third-order valence-electron chi connectivity index (χ3n) is 4.29. The molecule has 0 radical (unpaired) electrons. The zero-order chi connectivity index (χ0) is 21.7. The molecule has 1 aromatic carbocycles. The van der Waals surface area contributed by atoms with E-state index < -0.39 is 11.9 Å². The number of allylic oxidation sites excluding steroid dienone is 2. The molecule has 0 bridgehead atoms. The van der Waals surface area contributed by atoms with Gasteiger partial charge in [-0.15, -0.1) is 0 Å². The van der Waals surface area contributed by atoms with E-state index in [-0.39, 0.29) is 17.2 Å². The molecular weight excluding hydrogens is 388 g/mol. The van der Waals surface area contributed by atoms with E-state index in [1.165, 1.54) is 31.5 Å². The largest absolute Gasteiger partial charge is 0.469 e. The van der Waals surface area contributed by atoms with Crippen LogP contribution in [-0.4, -0.2) is 32.1 Å². The third-order valence-corrected chi connectivity index (χ3v) is 4.29. The van der Waals surface area contributed by atoms with Gasteiger partial charge in [-0.2, -0.15) is 0 Å². The van der Waals surface area contributed by atoms with Gasteiger partial charge in [0.2, 0.25) is 0 Å². The van der Waals surface area contributed by atoms with Crippen LogP contribution in [0.1, 0.15) is 16.1 Å². The standard InChI is InChI=1S/C22H20N2O6/c1-14-12-15(13-30-14)20(25)23-16-7-9-17(10-8-16)24-11-5-4-6-18(21(26)28-2)19(24)22(27)29-3/h4-13H,1-3H3,(H,23,25). The zero-order valence-corrected chi connectivity index (χ0v) is 16.7. The Labute approximate surface area is 173 Å². The second-order valence-corrected chi connectivity index (χ2v) is 6.26. The summed E-state index contributed by atoms with van der Waals surface area (Å²) in [7, 11) is 2.47. The fraction of sp³-hybridized carbons (Fsp3) is 0.136. The molecule has 0 unspecified atom stereocenters. The van der Waals surface area contributed by atoms with Gasteiger partial charge in [-0.1, -0.05) is 6.08 Å². The minimum atomic E-state index is -0.695.